The zero-order valence-electron chi connectivity index (χ0n) is 10.3. The molecule has 2 rings (SSSR count). The van der Waals surface area contributed by atoms with Crippen LogP contribution in [0.15, 0.2) is 36.4 Å². The van der Waals surface area contributed by atoms with Crippen molar-refractivity contribution >= 4 is 11.6 Å². The lowest BCUT2D eigenvalue weighted by molar-refractivity contribution is 0.303. The van der Waals surface area contributed by atoms with Crippen LogP contribution in [-0.4, -0.2) is 0 Å². The Bertz CT molecular complexity index is 566. The van der Waals surface area contributed by atoms with E-state index in [0.29, 0.717) is 11.6 Å². The van der Waals surface area contributed by atoms with Gasteiger partial charge in [0.05, 0.1) is 0 Å². The van der Waals surface area contributed by atoms with Crippen LogP contribution in [0.4, 0.5) is 4.39 Å². The number of hydrogen-bond acceptors (Lipinski definition) is 1. The molecule has 0 bridgehead atoms. The Kier molecular flexibility index (Phi) is 3.87. The third-order valence-corrected chi connectivity index (χ3v) is 3.07. The number of ether oxygens (including phenoxy) is 1. The molecule has 2 aromatic carbocycles. The highest BCUT2D eigenvalue weighted by molar-refractivity contribution is 6.30. The van der Waals surface area contributed by atoms with E-state index in [2.05, 4.69) is 0 Å². The van der Waals surface area contributed by atoms with Gasteiger partial charge in [-0.15, -0.1) is 0 Å². The van der Waals surface area contributed by atoms with E-state index in [-0.39, 0.29) is 5.82 Å². The molecular weight excluding hydrogens is 251 g/mol. The summed E-state index contributed by atoms with van der Waals surface area (Å²) in [4.78, 5) is 0. The van der Waals surface area contributed by atoms with Crippen molar-refractivity contribution in [3.63, 3.8) is 0 Å². The van der Waals surface area contributed by atoms with Gasteiger partial charge in [0.1, 0.15) is 18.2 Å². The first-order chi connectivity index (χ1) is 8.56. The molecule has 1 nitrogen and oxygen atoms in total. The first-order valence-corrected chi connectivity index (χ1v) is 6.08. The molecule has 2 aromatic rings. The molecule has 0 atom stereocenters. The fourth-order valence-corrected chi connectivity index (χ4v) is 1.87. The van der Waals surface area contributed by atoms with Gasteiger partial charge in [0.25, 0.3) is 0 Å². The molecule has 0 radical (unpaired) electrons. The molecule has 0 unspecified atom stereocenters. The van der Waals surface area contributed by atoms with Crippen LogP contribution < -0.4 is 4.74 Å². The highest BCUT2D eigenvalue weighted by atomic mass is 35.5. The Labute approximate surface area is 111 Å². The van der Waals surface area contributed by atoms with Gasteiger partial charge in [-0.25, -0.2) is 4.39 Å². The minimum Gasteiger partial charge on any atom is -0.489 e. The normalized spacial score (nSPS) is 10.4. The maximum Gasteiger partial charge on any atom is 0.124 e. The molecule has 0 aromatic heterocycles. The zero-order valence-corrected chi connectivity index (χ0v) is 11.1. The quantitative estimate of drug-likeness (QED) is 0.782. The molecule has 0 aliphatic rings. The van der Waals surface area contributed by atoms with Gasteiger partial charge in [-0.1, -0.05) is 23.7 Å². The van der Waals surface area contributed by atoms with E-state index in [9.17, 15) is 4.39 Å². The van der Waals surface area contributed by atoms with Gasteiger partial charge in [0, 0.05) is 5.02 Å². The second-order valence-corrected chi connectivity index (χ2v) is 4.71. The van der Waals surface area contributed by atoms with Crippen molar-refractivity contribution in [3.8, 4) is 5.75 Å². The standard InChI is InChI=1S/C15H14ClFO/c1-10-3-5-13(16)8-15(10)18-9-12-4-6-14(17)7-11(12)2/h3-8H,9H2,1-2H3. The van der Waals surface area contributed by atoms with Crippen LogP contribution >= 0.6 is 11.6 Å². The van der Waals surface area contributed by atoms with Crippen LogP contribution in [0.3, 0.4) is 0 Å². The number of hydrogen-bond donors (Lipinski definition) is 0. The summed E-state index contributed by atoms with van der Waals surface area (Å²) in [5, 5.41) is 0.645. The van der Waals surface area contributed by atoms with E-state index in [1.54, 1.807) is 12.1 Å². The SMILES string of the molecule is Cc1cc(F)ccc1COc1cc(Cl)ccc1C. The van der Waals surface area contributed by atoms with Gasteiger partial charge in [0.2, 0.25) is 0 Å². The summed E-state index contributed by atoms with van der Waals surface area (Å²) in [6, 6.07) is 10.2. The first kappa shape index (κ1) is 12.9. The first-order valence-electron chi connectivity index (χ1n) is 5.70. The number of halogens is 2. The Morgan fingerprint density at radius 1 is 1.06 bits per heavy atom. The Morgan fingerprint density at radius 2 is 1.83 bits per heavy atom. The highest BCUT2D eigenvalue weighted by Gasteiger charge is 2.04. The number of benzene rings is 2. The summed E-state index contributed by atoms with van der Waals surface area (Å²) in [6.45, 7) is 4.24. The van der Waals surface area contributed by atoms with Crippen molar-refractivity contribution < 1.29 is 9.13 Å². The molecular formula is C15H14ClFO. The molecule has 0 saturated heterocycles. The Hall–Kier alpha value is -1.54. The Balaban J connectivity index is 2.13. The van der Waals surface area contributed by atoms with Crippen LogP contribution in [-0.2, 0) is 6.61 Å². The molecule has 0 fully saturated rings. The summed E-state index contributed by atoms with van der Waals surface area (Å²) in [6.07, 6.45) is 0. The lowest BCUT2D eigenvalue weighted by Crippen LogP contribution is -1.99. The van der Waals surface area contributed by atoms with Gasteiger partial charge in [0.15, 0.2) is 0 Å². The zero-order chi connectivity index (χ0) is 13.1. The third-order valence-electron chi connectivity index (χ3n) is 2.84. The van der Waals surface area contributed by atoms with Crippen molar-refractivity contribution in [1.29, 1.82) is 0 Å². The van der Waals surface area contributed by atoms with E-state index in [1.807, 2.05) is 26.0 Å². The molecule has 0 amide bonds. The van der Waals surface area contributed by atoms with E-state index in [0.717, 1.165) is 22.4 Å². The van der Waals surface area contributed by atoms with Crippen molar-refractivity contribution in [2.24, 2.45) is 0 Å². The predicted molar refractivity (Wildman–Crippen MR) is 71.7 cm³/mol. The second-order valence-electron chi connectivity index (χ2n) is 4.27. The molecule has 0 heterocycles. The minimum atomic E-state index is -0.227. The summed E-state index contributed by atoms with van der Waals surface area (Å²) < 4.78 is 18.7. The van der Waals surface area contributed by atoms with E-state index in [1.165, 1.54) is 12.1 Å². The van der Waals surface area contributed by atoms with Crippen molar-refractivity contribution in [3.05, 3.63) is 63.9 Å². The maximum atomic E-state index is 13.0. The fraction of sp³-hybridized carbons (Fsp3) is 0.200. The molecule has 94 valence electrons. The smallest absolute Gasteiger partial charge is 0.124 e. The number of aryl methyl sites for hydroxylation is 2. The molecule has 0 aliphatic carbocycles. The maximum absolute atomic E-state index is 13.0. The van der Waals surface area contributed by atoms with Gasteiger partial charge in [-0.3, -0.25) is 0 Å². The highest BCUT2D eigenvalue weighted by Crippen LogP contribution is 2.24. The van der Waals surface area contributed by atoms with Crippen molar-refractivity contribution in [1.82, 2.24) is 0 Å². The number of rotatable bonds is 3. The lowest BCUT2D eigenvalue weighted by atomic mass is 10.1. The molecule has 0 saturated carbocycles. The third kappa shape index (κ3) is 3.02. The average molecular weight is 265 g/mol. The largest absolute Gasteiger partial charge is 0.489 e. The monoisotopic (exact) mass is 264 g/mol. The van der Waals surface area contributed by atoms with Crippen molar-refractivity contribution in [2.45, 2.75) is 20.5 Å². The summed E-state index contributed by atoms with van der Waals surface area (Å²) >= 11 is 5.92. The molecule has 0 aliphatic heterocycles. The summed E-state index contributed by atoms with van der Waals surface area (Å²) in [5.41, 5.74) is 2.88. The lowest BCUT2D eigenvalue weighted by Gasteiger charge is -2.11. The summed E-state index contributed by atoms with van der Waals surface area (Å²) in [5.74, 6) is 0.529. The second kappa shape index (κ2) is 5.40. The van der Waals surface area contributed by atoms with Gasteiger partial charge in [-0.05, 0) is 54.8 Å². The van der Waals surface area contributed by atoms with E-state index in [4.69, 9.17) is 16.3 Å². The molecule has 3 heteroatoms. The predicted octanol–water partition coefficient (Wildman–Crippen LogP) is 4.67. The minimum absolute atomic E-state index is 0.227. The van der Waals surface area contributed by atoms with Gasteiger partial charge >= 0.3 is 0 Å². The van der Waals surface area contributed by atoms with Crippen LogP contribution in [0.25, 0.3) is 0 Å². The molecule has 0 N–H and O–H groups in total. The fourth-order valence-electron chi connectivity index (χ4n) is 1.71. The average Bonchev–Trinajstić information content (AvgIpc) is 2.32. The van der Waals surface area contributed by atoms with Crippen LogP contribution in [0.1, 0.15) is 16.7 Å². The van der Waals surface area contributed by atoms with Crippen LogP contribution in [0.5, 0.6) is 5.75 Å². The topological polar surface area (TPSA) is 9.23 Å². The van der Waals surface area contributed by atoms with Crippen molar-refractivity contribution in [2.75, 3.05) is 0 Å². The van der Waals surface area contributed by atoms with E-state index < -0.39 is 0 Å². The Morgan fingerprint density at radius 3 is 2.56 bits per heavy atom. The summed E-state index contributed by atoms with van der Waals surface area (Å²) in [7, 11) is 0. The van der Waals surface area contributed by atoms with Gasteiger partial charge < -0.3 is 4.74 Å². The van der Waals surface area contributed by atoms with Gasteiger partial charge in [-0.2, -0.15) is 0 Å². The van der Waals surface area contributed by atoms with Crippen LogP contribution in [0, 0.1) is 19.7 Å². The molecule has 18 heavy (non-hydrogen) atoms. The molecule has 0 spiro atoms. The van der Waals surface area contributed by atoms with E-state index >= 15 is 0 Å². The van der Waals surface area contributed by atoms with Crippen LogP contribution in [0.2, 0.25) is 5.02 Å².